The Morgan fingerprint density at radius 3 is 2.55 bits per heavy atom. The van der Waals surface area contributed by atoms with Gasteiger partial charge in [0.1, 0.15) is 5.69 Å². The Bertz CT molecular complexity index is 990. The van der Waals surface area contributed by atoms with Crippen LogP contribution in [0.3, 0.4) is 0 Å². The minimum atomic E-state index is -0.330. The molecule has 0 radical (unpaired) electrons. The Balaban J connectivity index is 1.39. The molecule has 0 spiro atoms. The highest BCUT2D eigenvalue weighted by Gasteiger charge is 2.12. The summed E-state index contributed by atoms with van der Waals surface area (Å²) in [5.74, 6) is -0.330. The van der Waals surface area contributed by atoms with E-state index in [0.29, 0.717) is 5.69 Å². The van der Waals surface area contributed by atoms with Crippen LogP contribution in [0.2, 0.25) is 0 Å². The average Bonchev–Trinajstić information content (AvgIpc) is 3.29. The minimum Gasteiger partial charge on any atom is -0.378 e. The molecule has 3 aromatic rings. The lowest BCUT2D eigenvalue weighted by molar-refractivity contribution is 0.0950. The molecular formula is C22H23N5O2. The number of carbonyl (C=O) groups is 1. The van der Waals surface area contributed by atoms with E-state index < -0.39 is 0 Å². The Hall–Kier alpha value is -3.45. The second-order valence-corrected chi connectivity index (χ2v) is 6.82. The van der Waals surface area contributed by atoms with Crippen molar-refractivity contribution in [1.29, 1.82) is 0 Å². The molecular weight excluding hydrogens is 366 g/mol. The first kappa shape index (κ1) is 18.9. The zero-order valence-electron chi connectivity index (χ0n) is 16.3. The van der Waals surface area contributed by atoms with Crippen molar-refractivity contribution in [3.8, 4) is 11.3 Å². The predicted molar refractivity (Wildman–Crippen MR) is 113 cm³/mol. The molecule has 0 saturated carbocycles. The maximum atomic E-state index is 12.4. The van der Waals surface area contributed by atoms with Crippen molar-refractivity contribution in [1.82, 2.24) is 15.6 Å². The summed E-state index contributed by atoms with van der Waals surface area (Å²) < 4.78 is 5.39. The lowest BCUT2D eigenvalue weighted by Crippen LogP contribution is -2.36. The van der Waals surface area contributed by atoms with E-state index in [1.165, 1.54) is 5.69 Å². The summed E-state index contributed by atoms with van der Waals surface area (Å²) in [6, 6.07) is 19.6. The number of hydrazone groups is 1. The molecule has 0 unspecified atom stereocenters. The van der Waals surface area contributed by atoms with Gasteiger partial charge in [-0.3, -0.25) is 9.89 Å². The van der Waals surface area contributed by atoms with Crippen molar-refractivity contribution >= 4 is 17.3 Å². The lowest BCUT2D eigenvalue weighted by Gasteiger charge is -2.28. The van der Waals surface area contributed by atoms with E-state index in [1.54, 1.807) is 6.07 Å². The second-order valence-electron chi connectivity index (χ2n) is 6.82. The first-order chi connectivity index (χ1) is 14.2. The predicted octanol–water partition coefficient (Wildman–Crippen LogP) is 3.07. The number of hydrogen-bond donors (Lipinski definition) is 2. The van der Waals surface area contributed by atoms with Gasteiger partial charge in [0.2, 0.25) is 0 Å². The zero-order chi connectivity index (χ0) is 20.1. The number of nitrogens with zero attached hydrogens (tertiary/aromatic N) is 3. The summed E-state index contributed by atoms with van der Waals surface area (Å²) in [4.78, 5) is 14.7. The standard InChI is InChI=1S/C22H23N5O2/c1-16(17-7-9-19(10-8-17)27-11-13-29-14-12-27)23-26-22(28)21-15-20(24-25-21)18-5-3-2-4-6-18/h2-10,15H,11-14H2,1H3,(H,24,25)(H,26,28). The van der Waals surface area contributed by atoms with Crippen LogP contribution >= 0.6 is 0 Å². The molecule has 148 valence electrons. The van der Waals surface area contributed by atoms with Crippen LogP contribution in [-0.2, 0) is 4.74 Å². The number of rotatable bonds is 5. The van der Waals surface area contributed by atoms with E-state index in [2.05, 4.69) is 37.8 Å². The van der Waals surface area contributed by atoms with Crippen molar-refractivity contribution in [3.63, 3.8) is 0 Å². The maximum Gasteiger partial charge on any atom is 0.289 e. The number of H-pyrrole nitrogens is 1. The molecule has 1 aromatic heterocycles. The molecule has 1 fully saturated rings. The number of carbonyl (C=O) groups excluding carboxylic acids is 1. The van der Waals surface area contributed by atoms with Crippen molar-refractivity contribution in [2.24, 2.45) is 5.10 Å². The summed E-state index contributed by atoms with van der Waals surface area (Å²) in [7, 11) is 0. The topological polar surface area (TPSA) is 82.6 Å². The Kier molecular flexibility index (Phi) is 5.67. The number of aromatic amines is 1. The number of amides is 1. The fraction of sp³-hybridized carbons (Fsp3) is 0.227. The van der Waals surface area contributed by atoms with E-state index >= 15 is 0 Å². The molecule has 29 heavy (non-hydrogen) atoms. The highest BCUT2D eigenvalue weighted by Crippen LogP contribution is 2.18. The first-order valence-electron chi connectivity index (χ1n) is 9.59. The molecule has 1 aliphatic rings. The van der Waals surface area contributed by atoms with Gasteiger partial charge in [0.15, 0.2) is 0 Å². The molecule has 1 aliphatic heterocycles. The normalized spacial score (nSPS) is 14.7. The highest BCUT2D eigenvalue weighted by molar-refractivity contribution is 6.00. The van der Waals surface area contributed by atoms with Crippen LogP contribution < -0.4 is 10.3 Å². The smallest absolute Gasteiger partial charge is 0.289 e. The van der Waals surface area contributed by atoms with Gasteiger partial charge in [-0.15, -0.1) is 0 Å². The van der Waals surface area contributed by atoms with Crippen LogP contribution in [0.5, 0.6) is 0 Å². The molecule has 4 rings (SSSR count). The van der Waals surface area contributed by atoms with E-state index in [-0.39, 0.29) is 5.91 Å². The monoisotopic (exact) mass is 389 g/mol. The molecule has 2 heterocycles. The Morgan fingerprint density at radius 1 is 1.10 bits per heavy atom. The van der Waals surface area contributed by atoms with E-state index in [0.717, 1.165) is 48.8 Å². The third kappa shape index (κ3) is 4.52. The minimum absolute atomic E-state index is 0.330. The summed E-state index contributed by atoms with van der Waals surface area (Å²) >= 11 is 0. The van der Waals surface area contributed by atoms with Crippen molar-refractivity contribution < 1.29 is 9.53 Å². The van der Waals surface area contributed by atoms with Crippen LogP contribution in [0.1, 0.15) is 23.0 Å². The number of aromatic nitrogens is 2. The number of hydrogen-bond acceptors (Lipinski definition) is 5. The van der Waals surface area contributed by atoms with E-state index in [4.69, 9.17) is 4.74 Å². The van der Waals surface area contributed by atoms with Gasteiger partial charge < -0.3 is 9.64 Å². The number of nitrogens with one attached hydrogen (secondary N) is 2. The molecule has 0 bridgehead atoms. The van der Waals surface area contributed by atoms with Crippen LogP contribution in [0, 0.1) is 0 Å². The summed E-state index contributed by atoms with van der Waals surface area (Å²) in [6.45, 7) is 5.18. The van der Waals surface area contributed by atoms with Crippen LogP contribution in [-0.4, -0.2) is 48.1 Å². The van der Waals surface area contributed by atoms with E-state index in [9.17, 15) is 4.79 Å². The molecule has 0 aliphatic carbocycles. The SMILES string of the molecule is CC(=NNC(=O)c1cc(-c2ccccc2)n[nH]1)c1ccc(N2CCOCC2)cc1. The fourth-order valence-corrected chi connectivity index (χ4v) is 3.19. The van der Waals surface area contributed by atoms with Crippen molar-refractivity contribution in [3.05, 3.63) is 71.9 Å². The van der Waals surface area contributed by atoms with Gasteiger partial charge in [-0.2, -0.15) is 10.2 Å². The van der Waals surface area contributed by atoms with Gasteiger partial charge in [-0.05, 0) is 30.7 Å². The molecule has 1 amide bonds. The first-order valence-corrected chi connectivity index (χ1v) is 9.59. The lowest BCUT2D eigenvalue weighted by atomic mass is 10.1. The molecule has 0 atom stereocenters. The molecule has 2 aromatic carbocycles. The third-order valence-corrected chi connectivity index (χ3v) is 4.88. The number of morpholine rings is 1. The van der Waals surface area contributed by atoms with Gasteiger partial charge in [-0.25, -0.2) is 5.43 Å². The quantitative estimate of drug-likeness (QED) is 0.519. The summed E-state index contributed by atoms with van der Waals surface area (Å²) in [6.07, 6.45) is 0. The van der Waals surface area contributed by atoms with Crippen LogP contribution in [0.25, 0.3) is 11.3 Å². The maximum absolute atomic E-state index is 12.4. The van der Waals surface area contributed by atoms with Gasteiger partial charge >= 0.3 is 0 Å². The average molecular weight is 389 g/mol. The van der Waals surface area contributed by atoms with Crippen LogP contribution in [0.4, 0.5) is 5.69 Å². The second kappa shape index (κ2) is 8.70. The highest BCUT2D eigenvalue weighted by atomic mass is 16.5. The van der Waals surface area contributed by atoms with E-state index in [1.807, 2.05) is 49.4 Å². The Labute approximate surface area is 169 Å². The van der Waals surface area contributed by atoms with Crippen molar-refractivity contribution in [2.45, 2.75) is 6.92 Å². The van der Waals surface area contributed by atoms with Gasteiger partial charge in [0, 0.05) is 24.3 Å². The molecule has 1 saturated heterocycles. The fourth-order valence-electron chi connectivity index (χ4n) is 3.19. The third-order valence-electron chi connectivity index (χ3n) is 4.88. The van der Waals surface area contributed by atoms with Gasteiger partial charge in [0.05, 0.1) is 24.6 Å². The van der Waals surface area contributed by atoms with Crippen LogP contribution in [0.15, 0.2) is 65.8 Å². The zero-order valence-corrected chi connectivity index (χ0v) is 16.3. The molecule has 2 N–H and O–H groups in total. The van der Waals surface area contributed by atoms with Gasteiger partial charge in [0.25, 0.3) is 5.91 Å². The number of benzene rings is 2. The molecule has 7 nitrogen and oxygen atoms in total. The Morgan fingerprint density at radius 2 is 1.83 bits per heavy atom. The summed E-state index contributed by atoms with van der Waals surface area (Å²) in [5, 5.41) is 11.2. The number of ether oxygens (including phenoxy) is 1. The van der Waals surface area contributed by atoms with Crippen molar-refractivity contribution in [2.75, 3.05) is 31.2 Å². The number of anilines is 1. The largest absolute Gasteiger partial charge is 0.378 e. The van der Waals surface area contributed by atoms with Gasteiger partial charge in [-0.1, -0.05) is 42.5 Å². The molecule has 7 heteroatoms. The summed E-state index contributed by atoms with van der Waals surface area (Å²) in [5.41, 5.74) is 7.47.